The molecule has 1 aromatic heterocycles. The summed E-state index contributed by atoms with van der Waals surface area (Å²) in [6.45, 7) is 2.30. The van der Waals surface area contributed by atoms with Crippen molar-refractivity contribution in [1.82, 2.24) is 14.9 Å². The number of hydrogen-bond acceptors (Lipinski definition) is 3. The number of nitrogens with zero attached hydrogens (tertiary/aromatic N) is 2. The lowest BCUT2D eigenvalue weighted by Gasteiger charge is -2.12. The minimum absolute atomic E-state index is 0.612. The third-order valence-electron chi connectivity index (χ3n) is 4.65. The number of likely N-dealkylation sites (N-methyl/N-ethyl adjacent to an activating group) is 1. The van der Waals surface area contributed by atoms with Gasteiger partial charge in [-0.15, -0.1) is 0 Å². The van der Waals surface area contributed by atoms with Crippen LogP contribution in [-0.2, 0) is 13.0 Å². The largest absolute Gasteiger partial charge is 0.491 e. The molecule has 4 aromatic rings. The number of fused-ring (bicyclic) bond motifs is 2. The molecule has 0 aliphatic heterocycles. The Kier molecular flexibility index (Phi) is 4.84. The van der Waals surface area contributed by atoms with E-state index < -0.39 is 0 Å². The minimum Gasteiger partial charge on any atom is -0.491 e. The topological polar surface area (TPSA) is 39.1 Å². The summed E-state index contributed by atoms with van der Waals surface area (Å²) in [5.74, 6) is 2.03. The summed E-state index contributed by atoms with van der Waals surface area (Å²) in [5, 5.41) is 5.56. The zero-order valence-corrected chi connectivity index (χ0v) is 15.0. The fourth-order valence-corrected chi connectivity index (χ4v) is 3.37. The van der Waals surface area contributed by atoms with E-state index in [0.29, 0.717) is 6.61 Å². The highest BCUT2D eigenvalue weighted by molar-refractivity contribution is 5.88. The molecule has 0 saturated heterocycles. The zero-order chi connectivity index (χ0) is 17.8. The molecule has 4 nitrogen and oxygen atoms in total. The highest BCUT2D eigenvalue weighted by Crippen LogP contribution is 2.25. The minimum atomic E-state index is 0.612. The molecule has 0 spiro atoms. The predicted octanol–water partition coefficient (Wildman–Crippen LogP) is 4.03. The molecule has 0 atom stereocenters. The van der Waals surface area contributed by atoms with Crippen molar-refractivity contribution in [3.8, 4) is 5.75 Å². The van der Waals surface area contributed by atoms with Gasteiger partial charge in [0.1, 0.15) is 18.2 Å². The van der Waals surface area contributed by atoms with Gasteiger partial charge in [0, 0.05) is 18.4 Å². The summed E-state index contributed by atoms with van der Waals surface area (Å²) in [7, 11) is 1.97. The Bertz CT molecular complexity index is 1020. The standard InChI is InChI=1S/C22H23N3O/c1-23-14-13-22-24-19-10-4-5-11-20(19)25(22)15-16-26-21-12-6-8-17-7-2-3-9-18(17)21/h2-12,23H,13-16H2,1H3. The van der Waals surface area contributed by atoms with E-state index in [9.17, 15) is 0 Å². The summed E-state index contributed by atoms with van der Waals surface area (Å²) in [6, 6.07) is 22.8. The summed E-state index contributed by atoms with van der Waals surface area (Å²) in [5.41, 5.74) is 2.21. The van der Waals surface area contributed by atoms with E-state index in [2.05, 4.69) is 58.4 Å². The maximum atomic E-state index is 6.14. The second-order valence-electron chi connectivity index (χ2n) is 6.35. The Hall–Kier alpha value is -2.85. The zero-order valence-electron chi connectivity index (χ0n) is 15.0. The van der Waals surface area contributed by atoms with Crippen LogP contribution in [-0.4, -0.2) is 29.8 Å². The highest BCUT2D eigenvalue weighted by Gasteiger charge is 2.10. The van der Waals surface area contributed by atoms with Crippen LogP contribution in [0.4, 0.5) is 0 Å². The molecule has 0 radical (unpaired) electrons. The van der Waals surface area contributed by atoms with Gasteiger partial charge in [0.2, 0.25) is 0 Å². The van der Waals surface area contributed by atoms with Crippen LogP contribution in [0.5, 0.6) is 5.75 Å². The molecule has 0 aliphatic rings. The van der Waals surface area contributed by atoms with Crippen molar-refractivity contribution in [2.24, 2.45) is 0 Å². The number of hydrogen-bond donors (Lipinski definition) is 1. The molecule has 0 fully saturated rings. The van der Waals surface area contributed by atoms with Gasteiger partial charge in [-0.3, -0.25) is 0 Å². The molecular weight excluding hydrogens is 322 g/mol. The van der Waals surface area contributed by atoms with Crippen molar-refractivity contribution >= 4 is 21.8 Å². The van der Waals surface area contributed by atoms with Gasteiger partial charge in [-0.2, -0.15) is 0 Å². The highest BCUT2D eigenvalue weighted by atomic mass is 16.5. The van der Waals surface area contributed by atoms with Crippen LogP contribution in [0.25, 0.3) is 21.8 Å². The van der Waals surface area contributed by atoms with Crippen molar-refractivity contribution in [2.75, 3.05) is 20.2 Å². The van der Waals surface area contributed by atoms with Crippen molar-refractivity contribution in [1.29, 1.82) is 0 Å². The van der Waals surface area contributed by atoms with Crippen LogP contribution in [0.15, 0.2) is 66.7 Å². The second-order valence-corrected chi connectivity index (χ2v) is 6.35. The van der Waals surface area contributed by atoms with Crippen molar-refractivity contribution in [3.05, 3.63) is 72.6 Å². The van der Waals surface area contributed by atoms with E-state index in [0.717, 1.165) is 42.0 Å². The molecule has 26 heavy (non-hydrogen) atoms. The molecule has 4 heteroatoms. The van der Waals surface area contributed by atoms with Gasteiger partial charge in [-0.1, -0.05) is 48.5 Å². The van der Waals surface area contributed by atoms with Crippen LogP contribution < -0.4 is 10.1 Å². The van der Waals surface area contributed by atoms with Crippen LogP contribution in [0.2, 0.25) is 0 Å². The molecule has 1 heterocycles. The molecule has 0 aliphatic carbocycles. The molecule has 0 bridgehead atoms. The second kappa shape index (κ2) is 7.58. The number of imidazole rings is 1. The Morgan fingerprint density at radius 3 is 2.69 bits per heavy atom. The van der Waals surface area contributed by atoms with E-state index >= 15 is 0 Å². The first-order chi connectivity index (χ1) is 12.9. The van der Waals surface area contributed by atoms with Gasteiger partial charge in [0.25, 0.3) is 0 Å². The van der Waals surface area contributed by atoms with Gasteiger partial charge in [0.15, 0.2) is 0 Å². The molecule has 3 aromatic carbocycles. The lowest BCUT2D eigenvalue weighted by atomic mass is 10.1. The molecule has 4 rings (SSSR count). The molecule has 1 N–H and O–H groups in total. The van der Waals surface area contributed by atoms with Gasteiger partial charge >= 0.3 is 0 Å². The fraction of sp³-hybridized carbons (Fsp3) is 0.227. The third-order valence-corrected chi connectivity index (χ3v) is 4.65. The van der Waals surface area contributed by atoms with Crippen LogP contribution in [0.1, 0.15) is 5.82 Å². The first-order valence-corrected chi connectivity index (χ1v) is 9.06. The average Bonchev–Trinajstić information content (AvgIpc) is 3.04. The molecule has 132 valence electrons. The molecule has 0 unspecified atom stereocenters. The summed E-state index contributed by atoms with van der Waals surface area (Å²) in [4.78, 5) is 4.79. The van der Waals surface area contributed by atoms with E-state index in [1.807, 2.05) is 25.2 Å². The van der Waals surface area contributed by atoms with Crippen molar-refractivity contribution in [3.63, 3.8) is 0 Å². The molecular formula is C22H23N3O. The maximum absolute atomic E-state index is 6.14. The predicted molar refractivity (Wildman–Crippen MR) is 107 cm³/mol. The summed E-state index contributed by atoms with van der Waals surface area (Å²) in [6.07, 6.45) is 0.902. The van der Waals surface area contributed by atoms with E-state index in [4.69, 9.17) is 9.72 Å². The molecule has 0 saturated carbocycles. The fourth-order valence-electron chi connectivity index (χ4n) is 3.37. The van der Waals surface area contributed by atoms with E-state index in [1.165, 1.54) is 10.9 Å². The number of rotatable bonds is 7. The first kappa shape index (κ1) is 16.6. The monoisotopic (exact) mass is 345 g/mol. The Morgan fingerprint density at radius 2 is 1.77 bits per heavy atom. The summed E-state index contributed by atoms with van der Waals surface area (Å²) < 4.78 is 8.41. The first-order valence-electron chi connectivity index (χ1n) is 9.06. The third kappa shape index (κ3) is 3.28. The molecule has 0 amide bonds. The van der Waals surface area contributed by atoms with Gasteiger partial charge in [-0.05, 0) is 30.6 Å². The number of ether oxygens (including phenoxy) is 1. The van der Waals surface area contributed by atoms with Gasteiger partial charge in [0.05, 0.1) is 17.6 Å². The van der Waals surface area contributed by atoms with Crippen LogP contribution in [0, 0.1) is 0 Å². The number of benzene rings is 3. The van der Waals surface area contributed by atoms with Crippen LogP contribution in [0.3, 0.4) is 0 Å². The van der Waals surface area contributed by atoms with Crippen molar-refractivity contribution in [2.45, 2.75) is 13.0 Å². The Morgan fingerprint density at radius 1 is 0.962 bits per heavy atom. The van der Waals surface area contributed by atoms with Gasteiger partial charge in [-0.25, -0.2) is 4.98 Å². The Labute approximate surface area is 153 Å². The summed E-state index contributed by atoms with van der Waals surface area (Å²) >= 11 is 0. The van der Waals surface area contributed by atoms with Crippen molar-refractivity contribution < 1.29 is 4.74 Å². The smallest absolute Gasteiger partial charge is 0.127 e. The van der Waals surface area contributed by atoms with E-state index in [-0.39, 0.29) is 0 Å². The van der Waals surface area contributed by atoms with Crippen LogP contribution >= 0.6 is 0 Å². The Balaban J connectivity index is 1.55. The SMILES string of the molecule is CNCCc1nc2ccccc2n1CCOc1cccc2ccccc12. The maximum Gasteiger partial charge on any atom is 0.127 e. The quantitative estimate of drug-likeness (QED) is 0.550. The number of aromatic nitrogens is 2. The number of nitrogens with one attached hydrogen (secondary N) is 1. The average molecular weight is 345 g/mol. The van der Waals surface area contributed by atoms with Gasteiger partial charge < -0.3 is 14.6 Å². The lowest BCUT2D eigenvalue weighted by Crippen LogP contribution is -2.16. The van der Waals surface area contributed by atoms with E-state index in [1.54, 1.807) is 0 Å². The normalized spacial score (nSPS) is 11.3. The lowest BCUT2D eigenvalue weighted by molar-refractivity contribution is 0.301. The number of para-hydroxylation sites is 2.